The number of hydrogen-bond acceptors (Lipinski definition) is 3. The van der Waals surface area contributed by atoms with Crippen molar-refractivity contribution in [3.8, 4) is 0 Å². The Bertz CT molecular complexity index is 1220. The zero-order valence-corrected chi connectivity index (χ0v) is 19.0. The molecule has 7 heteroatoms. The van der Waals surface area contributed by atoms with Crippen LogP contribution in [-0.4, -0.2) is 36.2 Å². The zero-order chi connectivity index (χ0) is 24.1. The molecule has 33 heavy (non-hydrogen) atoms. The lowest BCUT2D eigenvalue weighted by Gasteiger charge is -2.19. The van der Waals surface area contributed by atoms with E-state index in [1.165, 1.54) is 36.2 Å². The molecule has 0 aliphatic carbocycles. The summed E-state index contributed by atoms with van der Waals surface area (Å²) in [5.41, 5.74) is 4.04. The molecule has 0 aromatic heterocycles. The topological polar surface area (TPSA) is 78.5 Å². The Morgan fingerprint density at radius 2 is 1.58 bits per heavy atom. The highest BCUT2D eigenvalue weighted by Gasteiger charge is 2.18. The number of carbonyl (C=O) groups is 3. The molecule has 0 aliphatic heterocycles. The number of benzene rings is 3. The van der Waals surface area contributed by atoms with Crippen molar-refractivity contribution in [1.29, 1.82) is 0 Å². The summed E-state index contributed by atoms with van der Waals surface area (Å²) in [7, 11) is 1.53. The van der Waals surface area contributed by atoms with E-state index in [0.29, 0.717) is 22.5 Å². The van der Waals surface area contributed by atoms with Gasteiger partial charge >= 0.3 is 0 Å². The fourth-order valence-corrected chi connectivity index (χ4v) is 3.31. The van der Waals surface area contributed by atoms with Gasteiger partial charge in [0.25, 0.3) is 11.8 Å². The average molecular weight is 448 g/mol. The third kappa shape index (κ3) is 5.63. The molecule has 0 atom stereocenters. The Labute approximate surface area is 192 Å². The molecular formula is C26H26FN3O3. The number of likely N-dealkylation sites (N-methyl/N-ethyl adjacent to an activating group) is 1. The number of carbonyl (C=O) groups excluding carboxylic acids is 3. The quantitative estimate of drug-likeness (QED) is 0.574. The van der Waals surface area contributed by atoms with Crippen LogP contribution in [0.3, 0.4) is 0 Å². The van der Waals surface area contributed by atoms with Crippen LogP contribution in [0.5, 0.6) is 0 Å². The smallest absolute Gasteiger partial charge is 0.258 e. The van der Waals surface area contributed by atoms with E-state index in [1.54, 1.807) is 25.1 Å². The number of nitrogens with zero attached hydrogens (tertiary/aromatic N) is 1. The van der Waals surface area contributed by atoms with Gasteiger partial charge in [0.1, 0.15) is 5.82 Å². The van der Waals surface area contributed by atoms with Gasteiger partial charge in [0.2, 0.25) is 5.91 Å². The van der Waals surface area contributed by atoms with Crippen molar-refractivity contribution in [2.75, 3.05) is 24.2 Å². The van der Waals surface area contributed by atoms with Crippen molar-refractivity contribution in [3.05, 3.63) is 94.3 Å². The number of hydrogen-bond donors (Lipinski definition) is 2. The summed E-state index contributed by atoms with van der Waals surface area (Å²) in [5, 5.41) is 5.49. The van der Waals surface area contributed by atoms with Gasteiger partial charge in [0.05, 0.1) is 12.1 Å². The minimum atomic E-state index is -0.630. The van der Waals surface area contributed by atoms with Crippen molar-refractivity contribution < 1.29 is 18.8 Å². The Kier molecular flexibility index (Phi) is 7.23. The van der Waals surface area contributed by atoms with Crippen LogP contribution in [0.15, 0.2) is 60.7 Å². The van der Waals surface area contributed by atoms with Crippen molar-refractivity contribution >= 4 is 29.1 Å². The van der Waals surface area contributed by atoms with Gasteiger partial charge in [-0.25, -0.2) is 4.39 Å². The maximum Gasteiger partial charge on any atom is 0.258 e. The molecule has 0 aliphatic rings. The molecule has 3 aromatic carbocycles. The molecule has 0 heterocycles. The predicted octanol–water partition coefficient (Wildman–Crippen LogP) is 4.71. The molecule has 0 fully saturated rings. The van der Waals surface area contributed by atoms with E-state index >= 15 is 0 Å². The van der Waals surface area contributed by atoms with Gasteiger partial charge in [0, 0.05) is 24.0 Å². The largest absolute Gasteiger partial charge is 0.332 e. The summed E-state index contributed by atoms with van der Waals surface area (Å²) in [6.07, 6.45) is 0. The van der Waals surface area contributed by atoms with Gasteiger partial charge in [0.15, 0.2) is 0 Å². The SMILES string of the molecule is Cc1ccc(C(=O)N(C)CC(=O)Nc2cccc(C)c2C)cc1NC(=O)c1ccccc1F. The highest BCUT2D eigenvalue weighted by atomic mass is 19.1. The molecule has 0 bridgehead atoms. The monoisotopic (exact) mass is 447 g/mol. The first-order valence-corrected chi connectivity index (χ1v) is 10.5. The van der Waals surface area contributed by atoms with Crippen LogP contribution in [0.1, 0.15) is 37.4 Å². The van der Waals surface area contributed by atoms with E-state index in [0.717, 1.165) is 11.1 Å². The molecule has 3 rings (SSSR count). The number of halogens is 1. The molecule has 6 nitrogen and oxygen atoms in total. The summed E-state index contributed by atoms with van der Waals surface area (Å²) >= 11 is 0. The first kappa shape index (κ1) is 23.7. The van der Waals surface area contributed by atoms with E-state index in [1.807, 2.05) is 32.0 Å². The summed E-state index contributed by atoms with van der Waals surface area (Å²) in [5.74, 6) is -1.94. The van der Waals surface area contributed by atoms with Crippen molar-refractivity contribution in [3.63, 3.8) is 0 Å². The number of aryl methyl sites for hydroxylation is 2. The molecule has 3 aromatic rings. The van der Waals surface area contributed by atoms with E-state index in [-0.39, 0.29) is 23.9 Å². The van der Waals surface area contributed by atoms with E-state index in [4.69, 9.17) is 0 Å². The van der Waals surface area contributed by atoms with Gasteiger partial charge in [-0.3, -0.25) is 14.4 Å². The molecule has 2 N–H and O–H groups in total. The summed E-state index contributed by atoms with van der Waals surface area (Å²) < 4.78 is 13.9. The lowest BCUT2D eigenvalue weighted by atomic mass is 10.1. The third-order valence-electron chi connectivity index (χ3n) is 5.46. The van der Waals surface area contributed by atoms with Crippen molar-refractivity contribution in [2.45, 2.75) is 20.8 Å². The van der Waals surface area contributed by atoms with Gasteiger partial charge in [-0.15, -0.1) is 0 Å². The Morgan fingerprint density at radius 1 is 0.848 bits per heavy atom. The molecule has 3 amide bonds. The minimum absolute atomic E-state index is 0.0890. The van der Waals surface area contributed by atoms with Gasteiger partial charge in [-0.05, 0) is 67.8 Å². The predicted molar refractivity (Wildman–Crippen MR) is 127 cm³/mol. The second-order valence-corrected chi connectivity index (χ2v) is 7.92. The van der Waals surface area contributed by atoms with Crippen LogP contribution in [0, 0.1) is 26.6 Å². The summed E-state index contributed by atoms with van der Waals surface area (Å²) in [6.45, 7) is 5.51. The number of amides is 3. The first-order chi connectivity index (χ1) is 15.7. The zero-order valence-electron chi connectivity index (χ0n) is 19.0. The molecule has 170 valence electrons. The fraction of sp³-hybridized carbons (Fsp3) is 0.192. The first-order valence-electron chi connectivity index (χ1n) is 10.5. The summed E-state index contributed by atoms with van der Waals surface area (Å²) in [6, 6.07) is 16.1. The second kappa shape index (κ2) is 10.1. The van der Waals surface area contributed by atoms with Crippen LogP contribution in [0.4, 0.5) is 15.8 Å². The third-order valence-corrected chi connectivity index (χ3v) is 5.46. The maximum absolute atomic E-state index is 13.9. The number of anilines is 2. The van der Waals surface area contributed by atoms with Crippen LogP contribution >= 0.6 is 0 Å². The van der Waals surface area contributed by atoms with Gasteiger partial charge in [-0.1, -0.05) is 30.3 Å². The van der Waals surface area contributed by atoms with Crippen LogP contribution < -0.4 is 10.6 Å². The van der Waals surface area contributed by atoms with E-state index in [2.05, 4.69) is 10.6 Å². The number of nitrogens with one attached hydrogen (secondary N) is 2. The second-order valence-electron chi connectivity index (χ2n) is 7.92. The van der Waals surface area contributed by atoms with Gasteiger partial charge < -0.3 is 15.5 Å². The van der Waals surface area contributed by atoms with Crippen LogP contribution in [0.25, 0.3) is 0 Å². The Hall–Kier alpha value is -4.00. The molecular weight excluding hydrogens is 421 g/mol. The Morgan fingerprint density at radius 3 is 2.30 bits per heavy atom. The van der Waals surface area contributed by atoms with E-state index in [9.17, 15) is 18.8 Å². The Balaban J connectivity index is 1.70. The maximum atomic E-state index is 13.9. The van der Waals surface area contributed by atoms with E-state index < -0.39 is 11.7 Å². The van der Waals surface area contributed by atoms with Crippen molar-refractivity contribution in [1.82, 2.24) is 4.90 Å². The number of rotatable bonds is 6. The van der Waals surface area contributed by atoms with Gasteiger partial charge in [-0.2, -0.15) is 0 Å². The summed E-state index contributed by atoms with van der Waals surface area (Å²) in [4.78, 5) is 39.2. The standard InChI is InChI=1S/C26H26FN3O3/c1-16-8-7-11-22(18(16)3)28-24(31)15-30(4)26(33)19-13-12-17(2)23(14-19)29-25(32)20-9-5-6-10-21(20)27/h5-14H,15H2,1-4H3,(H,28,31)(H,29,32). The molecule has 0 radical (unpaired) electrons. The molecule has 0 saturated carbocycles. The molecule has 0 unspecified atom stereocenters. The molecule has 0 spiro atoms. The highest BCUT2D eigenvalue weighted by molar-refractivity contribution is 6.06. The van der Waals surface area contributed by atoms with Crippen LogP contribution in [0.2, 0.25) is 0 Å². The fourth-order valence-electron chi connectivity index (χ4n) is 3.31. The normalized spacial score (nSPS) is 10.5. The minimum Gasteiger partial charge on any atom is -0.332 e. The molecule has 0 saturated heterocycles. The lowest BCUT2D eigenvalue weighted by Crippen LogP contribution is -2.35. The average Bonchev–Trinajstić information content (AvgIpc) is 2.78. The van der Waals surface area contributed by atoms with Crippen LogP contribution in [-0.2, 0) is 4.79 Å². The highest BCUT2D eigenvalue weighted by Crippen LogP contribution is 2.20. The lowest BCUT2D eigenvalue weighted by molar-refractivity contribution is -0.116. The van der Waals surface area contributed by atoms with Crippen molar-refractivity contribution in [2.24, 2.45) is 0 Å².